The SMILES string of the molecule is COc1ccc(CNC(=O)/C(C#N)=C\c2cc(Cl)c(OCc3cccc4ccccc34)c(Cl)c2)cc1. The molecule has 0 aliphatic heterocycles. The molecule has 180 valence electrons. The highest BCUT2D eigenvalue weighted by Crippen LogP contribution is 2.36. The van der Waals surface area contributed by atoms with Crippen LogP contribution in [-0.2, 0) is 17.9 Å². The second kappa shape index (κ2) is 11.6. The summed E-state index contributed by atoms with van der Waals surface area (Å²) in [6.45, 7) is 0.553. The van der Waals surface area contributed by atoms with Crippen molar-refractivity contribution >= 4 is 46.0 Å². The first kappa shape index (κ1) is 25.1. The van der Waals surface area contributed by atoms with Crippen molar-refractivity contribution in [2.45, 2.75) is 13.2 Å². The lowest BCUT2D eigenvalue weighted by Gasteiger charge is -2.13. The number of nitrogens with one attached hydrogen (secondary N) is 1. The Morgan fingerprint density at radius 2 is 1.69 bits per heavy atom. The fourth-order valence-corrected chi connectivity index (χ4v) is 4.32. The molecule has 0 unspecified atom stereocenters. The fraction of sp³-hybridized carbons (Fsp3) is 0.103. The molecule has 5 nitrogen and oxygen atoms in total. The highest BCUT2D eigenvalue weighted by atomic mass is 35.5. The first-order valence-corrected chi connectivity index (χ1v) is 11.9. The molecule has 1 amide bonds. The number of nitrogens with zero attached hydrogens (tertiary/aromatic N) is 1. The van der Waals surface area contributed by atoms with Gasteiger partial charge in [0.2, 0.25) is 0 Å². The Kier molecular flexibility index (Phi) is 8.12. The smallest absolute Gasteiger partial charge is 0.262 e. The van der Waals surface area contributed by atoms with Crippen molar-refractivity contribution in [3.63, 3.8) is 0 Å². The van der Waals surface area contributed by atoms with Crippen molar-refractivity contribution in [3.8, 4) is 17.6 Å². The molecule has 0 aliphatic carbocycles. The number of carbonyl (C=O) groups excluding carboxylic acids is 1. The van der Waals surface area contributed by atoms with E-state index < -0.39 is 5.91 Å². The van der Waals surface area contributed by atoms with E-state index in [2.05, 4.69) is 5.32 Å². The van der Waals surface area contributed by atoms with Gasteiger partial charge in [-0.05, 0) is 57.8 Å². The molecule has 0 saturated carbocycles. The number of fused-ring (bicyclic) bond motifs is 1. The number of amides is 1. The monoisotopic (exact) mass is 516 g/mol. The van der Waals surface area contributed by atoms with Gasteiger partial charge >= 0.3 is 0 Å². The van der Waals surface area contributed by atoms with E-state index in [1.165, 1.54) is 6.08 Å². The summed E-state index contributed by atoms with van der Waals surface area (Å²) in [6.07, 6.45) is 1.44. The predicted molar refractivity (Wildman–Crippen MR) is 143 cm³/mol. The summed E-state index contributed by atoms with van der Waals surface area (Å²) in [4.78, 5) is 12.6. The van der Waals surface area contributed by atoms with Crippen LogP contribution in [-0.4, -0.2) is 13.0 Å². The molecule has 0 aromatic heterocycles. The number of hydrogen-bond acceptors (Lipinski definition) is 4. The van der Waals surface area contributed by atoms with Crippen LogP contribution in [0.25, 0.3) is 16.8 Å². The van der Waals surface area contributed by atoms with Crippen LogP contribution < -0.4 is 14.8 Å². The van der Waals surface area contributed by atoms with Crippen LogP contribution in [0.2, 0.25) is 10.0 Å². The van der Waals surface area contributed by atoms with E-state index in [4.69, 9.17) is 32.7 Å². The maximum Gasteiger partial charge on any atom is 0.262 e. The zero-order chi connectivity index (χ0) is 25.5. The van der Waals surface area contributed by atoms with Crippen LogP contribution in [0.5, 0.6) is 11.5 Å². The molecule has 0 atom stereocenters. The molecule has 0 radical (unpaired) electrons. The van der Waals surface area contributed by atoms with E-state index >= 15 is 0 Å². The van der Waals surface area contributed by atoms with Crippen LogP contribution in [0.4, 0.5) is 0 Å². The van der Waals surface area contributed by atoms with Crippen LogP contribution in [0, 0.1) is 11.3 Å². The number of rotatable bonds is 8. The molecule has 4 aromatic carbocycles. The van der Waals surface area contributed by atoms with Crippen molar-refractivity contribution in [1.29, 1.82) is 5.26 Å². The Morgan fingerprint density at radius 1 is 1.00 bits per heavy atom. The van der Waals surface area contributed by atoms with Gasteiger partial charge in [0.05, 0.1) is 17.2 Å². The molecule has 0 spiro atoms. The highest BCUT2D eigenvalue weighted by Gasteiger charge is 2.13. The maximum atomic E-state index is 12.6. The number of hydrogen-bond donors (Lipinski definition) is 1. The van der Waals surface area contributed by atoms with Gasteiger partial charge in [-0.2, -0.15) is 5.26 Å². The lowest BCUT2D eigenvalue weighted by molar-refractivity contribution is -0.117. The number of ether oxygens (including phenoxy) is 2. The van der Waals surface area contributed by atoms with Crippen molar-refractivity contribution in [2.24, 2.45) is 0 Å². The van der Waals surface area contributed by atoms with Gasteiger partial charge in [-0.1, -0.05) is 77.8 Å². The van der Waals surface area contributed by atoms with Gasteiger partial charge in [0.25, 0.3) is 5.91 Å². The highest BCUT2D eigenvalue weighted by molar-refractivity contribution is 6.37. The molecule has 4 rings (SSSR count). The van der Waals surface area contributed by atoms with Crippen LogP contribution in [0.15, 0.2) is 84.4 Å². The summed E-state index contributed by atoms with van der Waals surface area (Å²) >= 11 is 12.9. The lowest BCUT2D eigenvalue weighted by Crippen LogP contribution is -2.23. The van der Waals surface area contributed by atoms with Gasteiger partial charge < -0.3 is 14.8 Å². The minimum absolute atomic E-state index is 0.0694. The number of nitriles is 1. The molecule has 0 aliphatic rings. The molecule has 0 bridgehead atoms. The number of carbonyl (C=O) groups is 1. The van der Waals surface area contributed by atoms with Crippen molar-refractivity contribution in [2.75, 3.05) is 7.11 Å². The summed E-state index contributed by atoms with van der Waals surface area (Å²) in [5.41, 5.74) is 2.32. The average molecular weight is 517 g/mol. The van der Waals surface area contributed by atoms with E-state index in [1.54, 1.807) is 31.4 Å². The van der Waals surface area contributed by atoms with Crippen LogP contribution in [0.1, 0.15) is 16.7 Å². The van der Waals surface area contributed by atoms with Crippen LogP contribution in [0.3, 0.4) is 0 Å². The molecular weight excluding hydrogens is 495 g/mol. The molecular formula is C29H22Cl2N2O3. The molecule has 1 N–H and O–H groups in total. The van der Waals surface area contributed by atoms with Gasteiger partial charge in [0.15, 0.2) is 5.75 Å². The van der Waals surface area contributed by atoms with Crippen molar-refractivity contribution < 1.29 is 14.3 Å². The zero-order valence-corrected chi connectivity index (χ0v) is 20.9. The van der Waals surface area contributed by atoms with E-state index in [1.807, 2.05) is 60.7 Å². The van der Waals surface area contributed by atoms with E-state index in [0.717, 1.165) is 27.6 Å². The van der Waals surface area contributed by atoms with Crippen LogP contribution >= 0.6 is 23.2 Å². The first-order chi connectivity index (χ1) is 17.5. The van der Waals surface area contributed by atoms with Gasteiger partial charge in [-0.3, -0.25) is 4.79 Å². The molecule has 7 heteroatoms. The van der Waals surface area contributed by atoms with E-state index in [-0.39, 0.29) is 28.8 Å². The molecule has 0 fully saturated rings. The number of benzene rings is 4. The van der Waals surface area contributed by atoms with Gasteiger partial charge in [0.1, 0.15) is 24.0 Å². The fourth-order valence-electron chi connectivity index (χ4n) is 3.71. The van der Waals surface area contributed by atoms with E-state index in [9.17, 15) is 10.1 Å². The third-order valence-electron chi connectivity index (χ3n) is 5.56. The summed E-state index contributed by atoms with van der Waals surface area (Å²) in [5.74, 6) is 0.559. The Labute approximate surface area is 219 Å². The quantitative estimate of drug-likeness (QED) is 0.203. The predicted octanol–water partition coefficient (Wildman–Crippen LogP) is 6.96. The van der Waals surface area contributed by atoms with Crippen molar-refractivity contribution in [3.05, 3.63) is 111 Å². The Bertz CT molecular complexity index is 1450. The second-order valence-corrected chi connectivity index (χ2v) is 8.76. The summed E-state index contributed by atoms with van der Waals surface area (Å²) < 4.78 is 11.1. The first-order valence-electron chi connectivity index (χ1n) is 11.1. The molecule has 36 heavy (non-hydrogen) atoms. The van der Waals surface area contributed by atoms with E-state index in [0.29, 0.717) is 11.3 Å². The molecule has 4 aromatic rings. The van der Waals surface area contributed by atoms with Gasteiger partial charge in [-0.15, -0.1) is 0 Å². The largest absolute Gasteiger partial charge is 0.497 e. The third-order valence-corrected chi connectivity index (χ3v) is 6.12. The third kappa shape index (κ3) is 5.98. The number of methoxy groups -OCH3 is 1. The minimum atomic E-state index is -0.503. The van der Waals surface area contributed by atoms with Gasteiger partial charge in [-0.25, -0.2) is 0 Å². The number of halogens is 2. The normalized spacial score (nSPS) is 11.1. The summed E-state index contributed by atoms with van der Waals surface area (Å²) in [6, 6.07) is 26.5. The molecule has 0 heterocycles. The Hall–Kier alpha value is -3.98. The standard InChI is InChI=1S/C29H22Cl2N2O3/c1-35-24-11-9-19(10-12-24)17-33-29(34)23(16-32)13-20-14-26(30)28(27(31)15-20)36-18-22-7-4-6-21-5-2-3-8-25(21)22/h2-15H,17-18H2,1H3,(H,33,34)/b23-13-. The Balaban J connectivity index is 1.46. The zero-order valence-electron chi connectivity index (χ0n) is 19.4. The molecule has 0 saturated heterocycles. The second-order valence-electron chi connectivity index (χ2n) is 7.94. The summed E-state index contributed by atoms with van der Waals surface area (Å²) in [7, 11) is 1.59. The maximum absolute atomic E-state index is 12.6. The van der Waals surface area contributed by atoms with Crippen molar-refractivity contribution in [1.82, 2.24) is 5.32 Å². The van der Waals surface area contributed by atoms with Gasteiger partial charge in [0, 0.05) is 6.54 Å². The average Bonchev–Trinajstić information content (AvgIpc) is 2.90. The summed E-state index contributed by atoms with van der Waals surface area (Å²) in [5, 5.41) is 15.0. The lowest BCUT2D eigenvalue weighted by atomic mass is 10.1. The minimum Gasteiger partial charge on any atom is -0.497 e. The Morgan fingerprint density at radius 3 is 2.39 bits per heavy atom. The topological polar surface area (TPSA) is 71.3 Å².